The normalized spacial score (nSPS) is 25.5. The molecule has 4 rings (SSSR count). The number of ether oxygens (including phenoxy) is 1. The van der Waals surface area contributed by atoms with E-state index in [9.17, 15) is 4.79 Å². The van der Waals surface area contributed by atoms with Crippen molar-refractivity contribution in [2.45, 2.75) is 43.9 Å². The molecule has 2 atom stereocenters. The zero-order valence-corrected chi connectivity index (χ0v) is 14.9. The zero-order chi connectivity index (χ0) is 16.5. The first-order chi connectivity index (χ1) is 11.7. The molecule has 2 aliphatic heterocycles. The molecule has 0 N–H and O–H groups in total. The van der Waals surface area contributed by atoms with Gasteiger partial charge >= 0.3 is 0 Å². The zero-order valence-electron chi connectivity index (χ0n) is 13.3. The number of hydrogen-bond acceptors (Lipinski definition) is 3. The van der Waals surface area contributed by atoms with Crippen LogP contribution in [0, 0.1) is 0 Å². The second-order valence-electron chi connectivity index (χ2n) is 6.51. The quantitative estimate of drug-likeness (QED) is 0.798. The van der Waals surface area contributed by atoms with Gasteiger partial charge in [0, 0.05) is 41.2 Å². The van der Waals surface area contributed by atoms with Crippen LogP contribution in [0.2, 0.25) is 0 Å². The average molecular weight is 387 g/mol. The highest BCUT2D eigenvalue weighted by Crippen LogP contribution is 2.38. The highest BCUT2D eigenvalue weighted by molar-refractivity contribution is 9.10. The summed E-state index contributed by atoms with van der Waals surface area (Å²) in [6.07, 6.45) is 7.58. The molecule has 1 amide bonds. The molecule has 1 aromatic heterocycles. The molecule has 2 aromatic rings. The van der Waals surface area contributed by atoms with Gasteiger partial charge in [-0.2, -0.15) is 0 Å². The van der Waals surface area contributed by atoms with Gasteiger partial charge in [0.2, 0.25) is 0 Å². The number of benzene rings is 1. The van der Waals surface area contributed by atoms with Crippen molar-refractivity contribution in [1.29, 1.82) is 0 Å². The molecular formula is C19H19BrN2O2. The number of hydrogen-bond donors (Lipinski definition) is 0. The smallest absolute Gasteiger partial charge is 0.254 e. The Morgan fingerprint density at radius 3 is 2.62 bits per heavy atom. The lowest BCUT2D eigenvalue weighted by Crippen LogP contribution is -2.49. The van der Waals surface area contributed by atoms with Crippen LogP contribution in [0.4, 0.5) is 0 Å². The fourth-order valence-electron chi connectivity index (χ4n) is 3.93. The highest BCUT2D eigenvalue weighted by Gasteiger charge is 2.44. The molecule has 2 aliphatic rings. The molecule has 24 heavy (non-hydrogen) atoms. The van der Waals surface area contributed by atoms with E-state index in [1.54, 1.807) is 12.4 Å². The first-order valence-electron chi connectivity index (χ1n) is 8.35. The van der Waals surface area contributed by atoms with Crippen LogP contribution < -0.4 is 4.74 Å². The van der Waals surface area contributed by atoms with Crippen molar-refractivity contribution >= 4 is 21.8 Å². The number of pyridine rings is 1. The van der Waals surface area contributed by atoms with E-state index in [0.717, 1.165) is 41.5 Å². The molecule has 2 saturated heterocycles. The van der Waals surface area contributed by atoms with E-state index in [2.05, 4.69) is 25.8 Å². The van der Waals surface area contributed by atoms with Gasteiger partial charge in [-0.25, -0.2) is 0 Å². The summed E-state index contributed by atoms with van der Waals surface area (Å²) in [5.74, 6) is 0.956. The Morgan fingerprint density at radius 2 is 1.96 bits per heavy atom. The Labute approximate surface area is 150 Å². The predicted octanol–water partition coefficient (Wildman–Crippen LogP) is 4.06. The van der Waals surface area contributed by atoms with Crippen LogP contribution in [-0.4, -0.2) is 34.0 Å². The highest BCUT2D eigenvalue weighted by atomic mass is 79.9. The van der Waals surface area contributed by atoms with E-state index in [-0.39, 0.29) is 24.1 Å². The molecule has 0 spiro atoms. The first-order valence-corrected chi connectivity index (χ1v) is 9.15. The maximum absolute atomic E-state index is 12.9. The topological polar surface area (TPSA) is 42.4 Å². The number of halogens is 1. The monoisotopic (exact) mass is 386 g/mol. The Morgan fingerprint density at radius 1 is 1.17 bits per heavy atom. The summed E-state index contributed by atoms with van der Waals surface area (Å²) in [6.45, 7) is 0. The number of fused-ring (bicyclic) bond motifs is 2. The summed E-state index contributed by atoms with van der Waals surface area (Å²) in [6, 6.07) is 12.0. The lowest BCUT2D eigenvalue weighted by Gasteiger charge is -2.39. The molecule has 124 valence electrons. The summed E-state index contributed by atoms with van der Waals surface area (Å²) in [5.41, 5.74) is 0.757. The van der Waals surface area contributed by atoms with E-state index >= 15 is 0 Å². The Bertz CT molecular complexity index is 723. The third kappa shape index (κ3) is 3.05. The van der Waals surface area contributed by atoms with E-state index in [0.29, 0.717) is 0 Å². The molecule has 1 aromatic carbocycles. The van der Waals surface area contributed by atoms with Crippen LogP contribution in [0.25, 0.3) is 0 Å². The van der Waals surface area contributed by atoms with Crippen molar-refractivity contribution in [3.63, 3.8) is 0 Å². The van der Waals surface area contributed by atoms with Crippen molar-refractivity contribution in [3.8, 4) is 5.75 Å². The van der Waals surface area contributed by atoms with Gasteiger partial charge in [-0.05, 0) is 43.2 Å². The Hall–Kier alpha value is -1.88. The van der Waals surface area contributed by atoms with Crippen molar-refractivity contribution in [2.24, 2.45) is 0 Å². The molecule has 4 nitrogen and oxygen atoms in total. The molecular weight excluding hydrogens is 368 g/mol. The van der Waals surface area contributed by atoms with Gasteiger partial charge in [0.15, 0.2) is 0 Å². The molecule has 2 fully saturated rings. The maximum Gasteiger partial charge on any atom is 0.254 e. The number of piperidine rings is 1. The second-order valence-corrected chi connectivity index (χ2v) is 7.42. The summed E-state index contributed by atoms with van der Waals surface area (Å²) < 4.78 is 7.02. The average Bonchev–Trinajstić information content (AvgIpc) is 2.86. The standard InChI is InChI=1S/C19H19BrN2O2/c20-14-4-1-3-13(9-14)19(23)22-15-6-7-16(22)11-18(10-15)24-17-5-2-8-21-12-17/h1-5,8-9,12,15-16,18H,6-7,10-11H2. The maximum atomic E-state index is 12.9. The fourth-order valence-corrected chi connectivity index (χ4v) is 4.33. The van der Waals surface area contributed by atoms with E-state index in [1.165, 1.54) is 0 Å². The summed E-state index contributed by atoms with van der Waals surface area (Å²) in [7, 11) is 0. The number of rotatable bonds is 3. The lowest BCUT2D eigenvalue weighted by atomic mass is 9.98. The van der Waals surface area contributed by atoms with Gasteiger partial charge in [0.25, 0.3) is 5.91 Å². The second kappa shape index (κ2) is 6.55. The van der Waals surface area contributed by atoms with Crippen LogP contribution in [0.15, 0.2) is 53.3 Å². The van der Waals surface area contributed by atoms with Gasteiger partial charge < -0.3 is 9.64 Å². The largest absolute Gasteiger partial charge is 0.489 e. The number of nitrogens with zero attached hydrogens (tertiary/aromatic N) is 2. The molecule has 0 saturated carbocycles. The molecule has 0 radical (unpaired) electrons. The first kappa shape index (κ1) is 15.6. The minimum absolute atomic E-state index is 0.142. The van der Waals surface area contributed by atoms with Crippen molar-refractivity contribution < 1.29 is 9.53 Å². The van der Waals surface area contributed by atoms with Gasteiger partial charge in [-0.15, -0.1) is 0 Å². The summed E-state index contributed by atoms with van der Waals surface area (Å²) >= 11 is 3.45. The van der Waals surface area contributed by atoms with E-state index in [1.807, 2.05) is 36.4 Å². The molecule has 2 bridgehead atoms. The third-order valence-electron chi connectivity index (χ3n) is 4.93. The van der Waals surface area contributed by atoms with Crippen LogP contribution >= 0.6 is 15.9 Å². The molecule has 2 unspecified atom stereocenters. The van der Waals surface area contributed by atoms with Crippen molar-refractivity contribution in [2.75, 3.05) is 0 Å². The van der Waals surface area contributed by atoms with Gasteiger partial charge in [-0.3, -0.25) is 9.78 Å². The minimum Gasteiger partial charge on any atom is -0.489 e. The predicted molar refractivity (Wildman–Crippen MR) is 95.0 cm³/mol. The number of carbonyl (C=O) groups is 1. The van der Waals surface area contributed by atoms with Crippen LogP contribution in [0.5, 0.6) is 5.75 Å². The molecule has 5 heteroatoms. The van der Waals surface area contributed by atoms with Gasteiger partial charge in [0.1, 0.15) is 11.9 Å². The van der Waals surface area contributed by atoms with Crippen molar-refractivity contribution in [1.82, 2.24) is 9.88 Å². The number of aromatic nitrogens is 1. The summed E-state index contributed by atoms with van der Waals surface area (Å²) in [5, 5.41) is 0. The van der Waals surface area contributed by atoms with Crippen LogP contribution in [-0.2, 0) is 0 Å². The van der Waals surface area contributed by atoms with E-state index < -0.39 is 0 Å². The van der Waals surface area contributed by atoms with Crippen molar-refractivity contribution in [3.05, 3.63) is 58.8 Å². The van der Waals surface area contributed by atoms with E-state index in [4.69, 9.17) is 4.74 Å². The van der Waals surface area contributed by atoms with Gasteiger partial charge in [0.05, 0.1) is 6.20 Å². The van der Waals surface area contributed by atoms with Crippen LogP contribution in [0.1, 0.15) is 36.0 Å². The lowest BCUT2D eigenvalue weighted by molar-refractivity contribution is 0.0358. The summed E-state index contributed by atoms with van der Waals surface area (Å²) in [4.78, 5) is 19.1. The Kier molecular flexibility index (Phi) is 4.27. The molecule has 3 heterocycles. The number of carbonyl (C=O) groups excluding carboxylic acids is 1. The SMILES string of the molecule is O=C(c1cccc(Br)c1)N1C2CCC1CC(Oc1cccnc1)C2. The molecule has 0 aliphatic carbocycles. The third-order valence-corrected chi connectivity index (χ3v) is 5.43. The van der Waals surface area contributed by atoms with Gasteiger partial charge in [-0.1, -0.05) is 22.0 Å². The van der Waals surface area contributed by atoms with Crippen LogP contribution in [0.3, 0.4) is 0 Å². The fraction of sp³-hybridized carbons (Fsp3) is 0.368. The Balaban J connectivity index is 1.48. The minimum atomic E-state index is 0.142. The number of amides is 1.